The second-order valence-corrected chi connectivity index (χ2v) is 16.1. The Bertz CT molecular complexity index is 2270. The summed E-state index contributed by atoms with van der Waals surface area (Å²) in [5, 5.41) is 36.4. The van der Waals surface area contributed by atoms with Crippen LogP contribution in [0.1, 0.15) is 84.8 Å². The van der Waals surface area contributed by atoms with Crippen LogP contribution in [-0.4, -0.2) is 71.6 Å². The molecule has 61 heavy (non-hydrogen) atoms. The smallest absolute Gasteiger partial charge is 0.254 e. The van der Waals surface area contributed by atoms with Gasteiger partial charge in [-0.05, 0) is 109 Å². The minimum Gasteiger partial charge on any atom is -0.490 e. The minimum atomic E-state index is -1.44. The lowest BCUT2D eigenvalue weighted by Crippen LogP contribution is -2.70. The Hall–Kier alpha value is -5.73. The highest BCUT2D eigenvalue weighted by Crippen LogP contribution is 2.62. The normalized spacial score (nSPS) is 23.1. The van der Waals surface area contributed by atoms with Crippen LogP contribution in [0, 0.1) is 29.1 Å². The first kappa shape index (κ1) is 43.4. The number of nitrogens with zero attached hydrogens (tertiary/aromatic N) is 3. The van der Waals surface area contributed by atoms with Crippen molar-refractivity contribution < 1.29 is 34.1 Å². The molecule has 0 spiro atoms. The van der Waals surface area contributed by atoms with E-state index in [4.69, 9.17) is 24.2 Å². The summed E-state index contributed by atoms with van der Waals surface area (Å²) in [6, 6.07) is 28.4. The first-order chi connectivity index (χ1) is 29.9. The molecule has 318 valence electrons. The molecule has 0 saturated heterocycles. The van der Waals surface area contributed by atoms with E-state index in [0.29, 0.717) is 48.7 Å². The molecule has 1 heterocycles. The van der Waals surface area contributed by atoms with Crippen LogP contribution in [0.3, 0.4) is 0 Å². The summed E-state index contributed by atoms with van der Waals surface area (Å²) in [4.78, 5) is 23.2. The van der Waals surface area contributed by atoms with Gasteiger partial charge < -0.3 is 34.2 Å². The summed E-state index contributed by atoms with van der Waals surface area (Å²) < 4.78 is 20.8. The lowest BCUT2D eigenvalue weighted by Gasteiger charge is -2.60. The Kier molecular flexibility index (Phi) is 14.4. The lowest BCUT2D eigenvalue weighted by molar-refractivity contribution is -0.255. The van der Waals surface area contributed by atoms with E-state index in [2.05, 4.69) is 55.6 Å². The number of benzene rings is 4. The zero-order chi connectivity index (χ0) is 42.8. The Morgan fingerprint density at radius 2 is 1.72 bits per heavy atom. The van der Waals surface area contributed by atoms with Crippen molar-refractivity contribution >= 4 is 22.4 Å². The fourth-order valence-corrected chi connectivity index (χ4v) is 9.83. The van der Waals surface area contributed by atoms with Gasteiger partial charge in [-0.25, -0.2) is 0 Å². The number of unbranched alkanes of at least 4 members (excludes halogenated alkanes) is 2. The van der Waals surface area contributed by atoms with Crippen LogP contribution >= 0.6 is 0 Å². The molecule has 4 aromatic carbocycles. The largest absolute Gasteiger partial charge is 0.490 e. The van der Waals surface area contributed by atoms with Crippen molar-refractivity contribution in [3.8, 4) is 17.6 Å². The van der Waals surface area contributed by atoms with Crippen LogP contribution in [0.4, 0.5) is 0 Å². The van der Waals surface area contributed by atoms with Crippen molar-refractivity contribution in [1.82, 2.24) is 4.90 Å². The van der Waals surface area contributed by atoms with Gasteiger partial charge in [0.25, 0.3) is 5.91 Å². The number of allylic oxidation sites excluding steroid dienone is 1. The number of oxime groups is 1. The van der Waals surface area contributed by atoms with Gasteiger partial charge in [0.05, 0.1) is 29.9 Å². The fraction of sp³-hybridized carbons (Fsp3) is 0.392. The standard InChI is InChI=1S/C51H57N3O7/c1-4-28-58-40-24-25-46-44(31-40)48-42(19-10-12-27-56)38(15-9-11-26-55)30-43-45(53-60-6-3)32-47(51(61-46,49(43)48)59-29-5-2)54(50(57)37-22-20-35(33-52)21-23-37)34-39-17-13-16-36-14-7-8-18-41(36)39/h4-5,7-8,13-14,16-18,20-25,30-31,38,42,47-49,55-56H,1-2,6,9-12,15,19,26-29,32,34H2,3H3. The highest BCUT2D eigenvalue weighted by Gasteiger charge is 2.65. The number of aliphatic hydroxyl groups excluding tert-OH is 2. The molecule has 1 saturated carbocycles. The summed E-state index contributed by atoms with van der Waals surface area (Å²) in [6.07, 6.45) is 10.7. The van der Waals surface area contributed by atoms with E-state index < -0.39 is 17.7 Å². The first-order valence-corrected chi connectivity index (χ1v) is 21.6. The first-order valence-electron chi connectivity index (χ1n) is 21.6. The minimum absolute atomic E-state index is 0.0656. The van der Waals surface area contributed by atoms with Gasteiger partial charge in [-0.15, -0.1) is 6.58 Å². The van der Waals surface area contributed by atoms with E-state index in [1.54, 1.807) is 36.4 Å². The number of fused-ring (bicyclic) bond motifs is 3. The third kappa shape index (κ3) is 9.01. The number of carbonyl (C=O) groups excluding carboxylic acids is 1. The molecule has 6 atom stereocenters. The third-order valence-corrected chi connectivity index (χ3v) is 12.4. The van der Waals surface area contributed by atoms with Gasteiger partial charge in [0.2, 0.25) is 5.79 Å². The molecular formula is C51H57N3O7. The van der Waals surface area contributed by atoms with Crippen LogP contribution in [0.25, 0.3) is 10.8 Å². The van der Waals surface area contributed by atoms with Crippen molar-refractivity contribution in [1.29, 1.82) is 5.26 Å². The van der Waals surface area contributed by atoms with E-state index in [1.807, 2.05) is 42.2 Å². The molecule has 0 aromatic heterocycles. The molecule has 2 N–H and O–H groups in total. The number of nitriles is 1. The molecule has 7 rings (SSSR count). The molecule has 2 aliphatic carbocycles. The number of rotatable bonds is 20. The topological polar surface area (TPSA) is 134 Å². The van der Waals surface area contributed by atoms with E-state index in [9.17, 15) is 15.5 Å². The summed E-state index contributed by atoms with van der Waals surface area (Å²) in [6.45, 7) is 11.1. The maximum atomic E-state index is 15.4. The van der Waals surface area contributed by atoms with E-state index in [0.717, 1.165) is 58.9 Å². The van der Waals surface area contributed by atoms with Gasteiger partial charge in [0.15, 0.2) is 0 Å². The maximum absolute atomic E-state index is 15.4. The van der Waals surface area contributed by atoms with Gasteiger partial charge in [-0.3, -0.25) is 4.79 Å². The Morgan fingerprint density at radius 3 is 2.46 bits per heavy atom. The van der Waals surface area contributed by atoms with Crippen LogP contribution in [0.15, 0.2) is 127 Å². The van der Waals surface area contributed by atoms with Crippen LogP contribution in [-0.2, 0) is 16.1 Å². The molecule has 4 aromatic rings. The lowest BCUT2D eigenvalue weighted by atomic mass is 9.55. The predicted octanol–water partition coefficient (Wildman–Crippen LogP) is 9.27. The predicted molar refractivity (Wildman–Crippen MR) is 237 cm³/mol. The summed E-state index contributed by atoms with van der Waals surface area (Å²) in [5.74, 6) is -0.859. The van der Waals surface area contributed by atoms with Crippen molar-refractivity contribution in [3.05, 3.63) is 144 Å². The Balaban J connectivity index is 1.50. The molecule has 10 heteroatoms. The van der Waals surface area contributed by atoms with Gasteiger partial charge >= 0.3 is 0 Å². The van der Waals surface area contributed by atoms with Crippen LogP contribution in [0.5, 0.6) is 11.5 Å². The number of hydrogen-bond acceptors (Lipinski definition) is 9. The van der Waals surface area contributed by atoms with E-state index in [1.165, 1.54) is 0 Å². The quantitative estimate of drug-likeness (QED) is 0.0512. The molecule has 1 amide bonds. The summed E-state index contributed by atoms with van der Waals surface area (Å²) in [5.41, 5.74) is 4.50. The van der Waals surface area contributed by atoms with Gasteiger partial charge in [0.1, 0.15) is 30.8 Å². The monoisotopic (exact) mass is 823 g/mol. The molecule has 3 aliphatic rings. The van der Waals surface area contributed by atoms with Crippen molar-refractivity contribution in [2.75, 3.05) is 33.0 Å². The van der Waals surface area contributed by atoms with E-state index in [-0.39, 0.29) is 56.4 Å². The van der Waals surface area contributed by atoms with E-state index >= 15 is 4.79 Å². The van der Waals surface area contributed by atoms with Gasteiger partial charge in [-0.1, -0.05) is 85.3 Å². The second-order valence-electron chi connectivity index (χ2n) is 16.1. The Labute approximate surface area is 359 Å². The highest BCUT2D eigenvalue weighted by atomic mass is 16.7. The SMILES string of the molecule is C=CCOc1ccc2c(c1)C1C(CCCCO)C(CCCCO)C=C3C(=NOCC)CC(N(Cc4cccc5ccccc45)C(=O)c4ccc(C#N)cc4)C(OCC=C)(O2)C31. The van der Waals surface area contributed by atoms with Gasteiger partial charge in [-0.2, -0.15) is 5.26 Å². The molecule has 1 aliphatic heterocycles. The van der Waals surface area contributed by atoms with Gasteiger partial charge in [0, 0.05) is 43.2 Å². The van der Waals surface area contributed by atoms with Crippen molar-refractivity contribution in [2.24, 2.45) is 22.9 Å². The van der Waals surface area contributed by atoms with Crippen LogP contribution in [0.2, 0.25) is 0 Å². The maximum Gasteiger partial charge on any atom is 0.254 e. The molecule has 6 unspecified atom stereocenters. The number of ether oxygens (including phenoxy) is 3. The number of carbonyl (C=O) groups is 1. The average Bonchev–Trinajstić information content (AvgIpc) is 3.29. The highest BCUT2D eigenvalue weighted by molar-refractivity contribution is 6.03. The average molecular weight is 824 g/mol. The molecule has 0 radical (unpaired) electrons. The molecule has 10 nitrogen and oxygen atoms in total. The number of hydrogen-bond donors (Lipinski definition) is 2. The second kappa shape index (κ2) is 20.2. The number of amides is 1. The molecule has 1 fully saturated rings. The zero-order valence-electron chi connectivity index (χ0n) is 35.1. The van der Waals surface area contributed by atoms with Crippen molar-refractivity contribution in [3.63, 3.8) is 0 Å². The number of aliphatic hydroxyl groups is 2. The summed E-state index contributed by atoms with van der Waals surface area (Å²) >= 11 is 0. The van der Waals surface area contributed by atoms with Crippen molar-refractivity contribution in [2.45, 2.75) is 76.2 Å². The van der Waals surface area contributed by atoms with Crippen LogP contribution < -0.4 is 9.47 Å². The summed E-state index contributed by atoms with van der Waals surface area (Å²) in [7, 11) is 0. The third-order valence-electron chi connectivity index (χ3n) is 12.4. The fourth-order valence-electron chi connectivity index (χ4n) is 9.83. The Morgan fingerprint density at radius 1 is 0.967 bits per heavy atom. The molecular weight excluding hydrogens is 767 g/mol. The zero-order valence-corrected chi connectivity index (χ0v) is 35.1. The molecule has 0 bridgehead atoms.